The summed E-state index contributed by atoms with van der Waals surface area (Å²) in [4.78, 5) is 12.5. The summed E-state index contributed by atoms with van der Waals surface area (Å²) in [5.74, 6) is 1.11. The molecule has 2 rings (SSSR count). The van der Waals surface area contributed by atoms with E-state index in [4.69, 9.17) is 14.2 Å². The van der Waals surface area contributed by atoms with Crippen LogP contribution in [0.25, 0.3) is 0 Å². The van der Waals surface area contributed by atoms with E-state index in [0.29, 0.717) is 35.1 Å². The van der Waals surface area contributed by atoms with Crippen LogP contribution >= 0.6 is 0 Å². The van der Waals surface area contributed by atoms with Gasteiger partial charge in [0, 0.05) is 13.1 Å². The van der Waals surface area contributed by atoms with Crippen molar-refractivity contribution in [3.63, 3.8) is 0 Å². The number of aryl methyl sites for hydroxylation is 1. The molecule has 2 aromatic rings. The number of ether oxygens (including phenoxy) is 3. The maximum Gasteiger partial charge on any atom is 0.243 e. The molecule has 0 fully saturated rings. The number of rotatable bonds is 9. The molecular weight excluding hydrogens is 396 g/mol. The van der Waals surface area contributed by atoms with E-state index < -0.39 is 15.9 Å². The lowest BCUT2D eigenvalue weighted by atomic mass is 10.2. The van der Waals surface area contributed by atoms with Crippen LogP contribution in [0, 0.1) is 6.92 Å². The molecule has 9 heteroatoms. The molecule has 0 spiro atoms. The van der Waals surface area contributed by atoms with E-state index >= 15 is 0 Å². The number of nitrogens with one attached hydrogen (secondary N) is 1. The van der Waals surface area contributed by atoms with Gasteiger partial charge in [0.1, 0.15) is 17.2 Å². The molecule has 0 aliphatic heterocycles. The zero-order valence-corrected chi connectivity index (χ0v) is 18.0. The highest BCUT2D eigenvalue weighted by atomic mass is 32.2. The molecule has 2 aromatic carbocycles. The van der Waals surface area contributed by atoms with Crippen molar-refractivity contribution in [2.24, 2.45) is 0 Å². The number of hydrogen-bond acceptors (Lipinski definition) is 6. The zero-order chi connectivity index (χ0) is 21.6. The Balaban J connectivity index is 2.13. The maximum atomic E-state index is 12.8. The second-order valence-electron chi connectivity index (χ2n) is 6.24. The van der Waals surface area contributed by atoms with Gasteiger partial charge in [-0.2, -0.15) is 4.31 Å². The molecule has 0 aromatic heterocycles. The minimum Gasteiger partial charge on any atom is -0.497 e. The summed E-state index contributed by atoms with van der Waals surface area (Å²) in [6, 6.07) is 9.53. The summed E-state index contributed by atoms with van der Waals surface area (Å²) in [6.07, 6.45) is 0. The Kier molecular flexibility index (Phi) is 7.46. The SMILES string of the molecule is CCOc1ccc(S(=O)(=O)N(C)CC(=O)Nc2ccc(OC)cc2OC)cc1C. The van der Waals surface area contributed by atoms with Crippen molar-refractivity contribution in [2.75, 3.05) is 39.7 Å². The van der Waals surface area contributed by atoms with E-state index in [1.807, 2.05) is 6.92 Å². The molecule has 0 unspecified atom stereocenters. The largest absolute Gasteiger partial charge is 0.497 e. The first-order valence-electron chi connectivity index (χ1n) is 8.94. The Morgan fingerprint density at radius 2 is 1.79 bits per heavy atom. The second-order valence-corrected chi connectivity index (χ2v) is 8.28. The third kappa shape index (κ3) is 5.39. The van der Waals surface area contributed by atoms with Crippen molar-refractivity contribution >= 4 is 21.6 Å². The number of nitrogens with zero attached hydrogens (tertiary/aromatic N) is 1. The van der Waals surface area contributed by atoms with Crippen molar-refractivity contribution in [1.82, 2.24) is 4.31 Å². The van der Waals surface area contributed by atoms with Gasteiger partial charge in [0.15, 0.2) is 0 Å². The van der Waals surface area contributed by atoms with E-state index in [1.54, 1.807) is 31.2 Å². The van der Waals surface area contributed by atoms with E-state index in [1.165, 1.54) is 33.4 Å². The lowest BCUT2D eigenvalue weighted by molar-refractivity contribution is -0.116. The highest BCUT2D eigenvalue weighted by Gasteiger charge is 2.24. The molecule has 0 saturated carbocycles. The molecule has 0 atom stereocenters. The molecule has 0 aliphatic carbocycles. The van der Waals surface area contributed by atoms with Crippen LogP contribution in [0.5, 0.6) is 17.2 Å². The topological polar surface area (TPSA) is 94.2 Å². The first kappa shape index (κ1) is 22.5. The Bertz CT molecular complexity index is 975. The third-order valence-corrected chi connectivity index (χ3v) is 6.00. The zero-order valence-electron chi connectivity index (χ0n) is 17.2. The molecular formula is C20H26N2O6S. The summed E-state index contributed by atoms with van der Waals surface area (Å²) in [6.45, 7) is 3.76. The van der Waals surface area contributed by atoms with Crippen LogP contribution in [-0.2, 0) is 14.8 Å². The molecule has 0 radical (unpaired) electrons. The quantitative estimate of drug-likeness (QED) is 0.668. The van der Waals surface area contributed by atoms with Gasteiger partial charge in [-0.25, -0.2) is 8.42 Å². The molecule has 0 bridgehead atoms. The van der Waals surface area contributed by atoms with Gasteiger partial charge in [-0.1, -0.05) is 0 Å². The maximum absolute atomic E-state index is 12.8. The van der Waals surface area contributed by atoms with Gasteiger partial charge in [-0.15, -0.1) is 0 Å². The summed E-state index contributed by atoms with van der Waals surface area (Å²) < 4.78 is 42.4. The van der Waals surface area contributed by atoms with Crippen LogP contribution in [0.15, 0.2) is 41.3 Å². The van der Waals surface area contributed by atoms with Gasteiger partial charge >= 0.3 is 0 Å². The smallest absolute Gasteiger partial charge is 0.243 e. The Hall–Kier alpha value is -2.78. The third-order valence-electron chi connectivity index (χ3n) is 4.20. The number of benzene rings is 2. The highest BCUT2D eigenvalue weighted by Crippen LogP contribution is 2.29. The fourth-order valence-electron chi connectivity index (χ4n) is 2.66. The van der Waals surface area contributed by atoms with Crippen molar-refractivity contribution in [2.45, 2.75) is 18.7 Å². The van der Waals surface area contributed by atoms with Gasteiger partial charge < -0.3 is 19.5 Å². The standard InChI is InChI=1S/C20H26N2O6S/c1-6-28-18-10-8-16(11-14(18)2)29(24,25)22(3)13-20(23)21-17-9-7-15(26-4)12-19(17)27-5/h7-12H,6,13H2,1-5H3,(H,21,23). The van der Waals surface area contributed by atoms with Gasteiger partial charge in [-0.05, 0) is 49.7 Å². The van der Waals surface area contributed by atoms with Crippen molar-refractivity contribution in [1.29, 1.82) is 0 Å². The Morgan fingerprint density at radius 1 is 1.07 bits per heavy atom. The number of anilines is 1. The lowest BCUT2D eigenvalue weighted by Crippen LogP contribution is -2.35. The van der Waals surface area contributed by atoms with Crippen LogP contribution in [-0.4, -0.2) is 53.0 Å². The Labute approximate surface area is 171 Å². The molecule has 0 aliphatic rings. The molecule has 0 saturated heterocycles. The number of carbonyl (C=O) groups excluding carboxylic acids is 1. The van der Waals surface area contributed by atoms with E-state index in [0.717, 1.165) is 4.31 Å². The van der Waals surface area contributed by atoms with E-state index in [9.17, 15) is 13.2 Å². The molecule has 158 valence electrons. The van der Waals surface area contributed by atoms with Crippen molar-refractivity contribution in [3.05, 3.63) is 42.0 Å². The molecule has 29 heavy (non-hydrogen) atoms. The molecule has 1 N–H and O–H groups in total. The van der Waals surface area contributed by atoms with E-state index in [2.05, 4.69) is 5.32 Å². The predicted octanol–water partition coefficient (Wildman–Crippen LogP) is 2.67. The number of sulfonamides is 1. The summed E-state index contributed by atoms with van der Waals surface area (Å²) in [5.41, 5.74) is 1.12. The van der Waals surface area contributed by atoms with Crippen LogP contribution < -0.4 is 19.5 Å². The Morgan fingerprint density at radius 3 is 2.38 bits per heavy atom. The average Bonchev–Trinajstić information content (AvgIpc) is 2.69. The highest BCUT2D eigenvalue weighted by molar-refractivity contribution is 7.89. The van der Waals surface area contributed by atoms with E-state index in [-0.39, 0.29) is 11.4 Å². The molecule has 1 amide bonds. The fourth-order valence-corrected chi connectivity index (χ4v) is 3.87. The van der Waals surface area contributed by atoms with Crippen molar-refractivity contribution < 1.29 is 27.4 Å². The lowest BCUT2D eigenvalue weighted by Gasteiger charge is -2.18. The van der Waals surface area contributed by atoms with Crippen LogP contribution in [0.3, 0.4) is 0 Å². The number of methoxy groups -OCH3 is 2. The van der Waals surface area contributed by atoms with Gasteiger partial charge in [0.25, 0.3) is 0 Å². The van der Waals surface area contributed by atoms with Crippen LogP contribution in [0.2, 0.25) is 0 Å². The summed E-state index contributed by atoms with van der Waals surface area (Å²) >= 11 is 0. The predicted molar refractivity (Wildman–Crippen MR) is 110 cm³/mol. The van der Waals surface area contributed by atoms with Crippen LogP contribution in [0.4, 0.5) is 5.69 Å². The minimum atomic E-state index is -3.84. The normalized spacial score (nSPS) is 11.2. The fraction of sp³-hybridized carbons (Fsp3) is 0.350. The number of amides is 1. The first-order chi connectivity index (χ1) is 13.7. The minimum absolute atomic E-state index is 0.0933. The summed E-state index contributed by atoms with van der Waals surface area (Å²) in [5, 5.41) is 2.66. The monoisotopic (exact) mass is 422 g/mol. The molecule has 8 nitrogen and oxygen atoms in total. The molecule has 0 heterocycles. The summed E-state index contributed by atoms with van der Waals surface area (Å²) in [7, 11) is 0.503. The van der Waals surface area contributed by atoms with Gasteiger partial charge in [-0.3, -0.25) is 4.79 Å². The van der Waals surface area contributed by atoms with Gasteiger partial charge in [0.2, 0.25) is 15.9 Å². The second kappa shape index (κ2) is 9.62. The average molecular weight is 423 g/mol. The number of hydrogen-bond donors (Lipinski definition) is 1. The first-order valence-corrected chi connectivity index (χ1v) is 10.4. The number of likely N-dealkylation sites (N-methyl/N-ethyl adjacent to an activating group) is 1. The van der Waals surface area contributed by atoms with Gasteiger partial charge in [0.05, 0.1) is 38.0 Å². The van der Waals surface area contributed by atoms with Crippen molar-refractivity contribution in [3.8, 4) is 17.2 Å². The van der Waals surface area contributed by atoms with Crippen LogP contribution in [0.1, 0.15) is 12.5 Å². The number of carbonyl (C=O) groups is 1.